The fraction of sp³-hybridized carbons (Fsp3) is 1.00. The van der Waals surface area contributed by atoms with Crippen molar-refractivity contribution in [2.45, 2.75) is 72.1 Å². The van der Waals surface area contributed by atoms with Crippen LogP contribution in [-0.4, -0.2) is 34.5 Å². The summed E-state index contributed by atoms with van der Waals surface area (Å²) in [5.74, 6) is 0. The number of aliphatic hydroxyl groups excluding tert-OH is 1. The number of aliphatic hydroxyl groups is 2. The molecule has 16 heavy (non-hydrogen) atoms. The predicted molar refractivity (Wildman–Crippen MR) is 68.5 cm³/mol. The van der Waals surface area contributed by atoms with Crippen molar-refractivity contribution < 1.29 is 10.2 Å². The minimum atomic E-state index is -0.801. The standard InChI is InChI=1S/C13H29NO2/c1-7-13(16,12(4,5)6)8-11(15)9-14-10(2)3/h10-11,14-16H,7-9H2,1-6H3/t11-,13-/m1/s1. The lowest BCUT2D eigenvalue weighted by Gasteiger charge is -2.41. The molecule has 0 unspecified atom stereocenters. The average Bonchev–Trinajstić information content (AvgIpc) is 2.12. The molecule has 0 aromatic carbocycles. The van der Waals surface area contributed by atoms with Gasteiger partial charge in [-0.05, 0) is 11.8 Å². The van der Waals surface area contributed by atoms with Crippen molar-refractivity contribution >= 4 is 0 Å². The molecule has 0 rings (SSSR count). The molecule has 0 heterocycles. The van der Waals surface area contributed by atoms with Crippen molar-refractivity contribution in [2.24, 2.45) is 5.41 Å². The maximum absolute atomic E-state index is 10.5. The molecule has 3 nitrogen and oxygen atoms in total. The largest absolute Gasteiger partial charge is 0.392 e. The van der Waals surface area contributed by atoms with Crippen LogP contribution in [0.15, 0.2) is 0 Å². The van der Waals surface area contributed by atoms with Crippen LogP contribution in [-0.2, 0) is 0 Å². The molecular weight excluding hydrogens is 202 g/mol. The van der Waals surface area contributed by atoms with Gasteiger partial charge in [-0.15, -0.1) is 0 Å². The first-order valence-corrected chi connectivity index (χ1v) is 6.26. The zero-order valence-electron chi connectivity index (χ0n) is 11.7. The van der Waals surface area contributed by atoms with E-state index < -0.39 is 11.7 Å². The van der Waals surface area contributed by atoms with Gasteiger partial charge in [0, 0.05) is 19.0 Å². The molecule has 0 spiro atoms. The van der Waals surface area contributed by atoms with E-state index in [1.807, 2.05) is 41.5 Å². The van der Waals surface area contributed by atoms with E-state index in [0.717, 1.165) is 0 Å². The van der Waals surface area contributed by atoms with E-state index in [2.05, 4.69) is 5.32 Å². The zero-order valence-corrected chi connectivity index (χ0v) is 11.7. The van der Waals surface area contributed by atoms with E-state index in [1.165, 1.54) is 0 Å². The van der Waals surface area contributed by atoms with Crippen molar-refractivity contribution in [1.29, 1.82) is 0 Å². The molecule has 3 heteroatoms. The molecular formula is C13H29NO2. The highest BCUT2D eigenvalue weighted by Gasteiger charge is 2.39. The van der Waals surface area contributed by atoms with Crippen LogP contribution in [0.1, 0.15) is 54.4 Å². The summed E-state index contributed by atoms with van der Waals surface area (Å²) >= 11 is 0. The van der Waals surface area contributed by atoms with Gasteiger partial charge in [0.25, 0.3) is 0 Å². The van der Waals surface area contributed by atoms with Gasteiger partial charge in [-0.2, -0.15) is 0 Å². The topological polar surface area (TPSA) is 52.5 Å². The van der Waals surface area contributed by atoms with Crippen molar-refractivity contribution in [1.82, 2.24) is 5.32 Å². The highest BCUT2D eigenvalue weighted by molar-refractivity contribution is 4.91. The van der Waals surface area contributed by atoms with Gasteiger partial charge < -0.3 is 15.5 Å². The maximum atomic E-state index is 10.5. The molecule has 0 saturated carbocycles. The molecule has 0 aromatic rings. The van der Waals surface area contributed by atoms with Crippen LogP contribution in [0.5, 0.6) is 0 Å². The van der Waals surface area contributed by atoms with Crippen molar-refractivity contribution in [3.8, 4) is 0 Å². The third kappa shape index (κ3) is 4.81. The first-order valence-electron chi connectivity index (χ1n) is 6.26. The fourth-order valence-corrected chi connectivity index (χ4v) is 1.81. The Balaban J connectivity index is 4.32. The smallest absolute Gasteiger partial charge is 0.0718 e. The van der Waals surface area contributed by atoms with Gasteiger partial charge in [0.05, 0.1) is 11.7 Å². The van der Waals surface area contributed by atoms with E-state index in [9.17, 15) is 10.2 Å². The second kappa shape index (κ2) is 5.99. The summed E-state index contributed by atoms with van der Waals surface area (Å²) in [5.41, 5.74) is -1.01. The second-order valence-electron chi connectivity index (χ2n) is 6.06. The first kappa shape index (κ1) is 15.9. The van der Waals surface area contributed by atoms with E-state index in [1.54, 1.807) is 0 Å². The molecule has 2 atom stereocenters. The summed E-state index contributed by atoms with van der Waals surface area (Å²) < 4.78 is 0. The Morgan fingerprint density at radius 1 is 1.19 bits per heavy atom. The van der Waals surface area contributed by atoms with Crippen LogP contribution in [0.3, 0.4) is 0 Å². The number of hydrogen-bond acceptors (Lipinski definition) is 3. The van der Waals surface area contributed by atoms with Crippen LogP contribution < -0.4 is 5.32 Å². The summed E-state index contributed by atoms with van der Waals surface area (Å²) in [7, 11) is 0. The van der Waals surface area contributed by atoms with Gasteiger partial charge in [-0.25, -0.2) is 0 Å². The van der Waals surface area contributed by atoms with E-state index >= 15 is 0 Å². The predicted octanol–water partition coefficient (Wildman–Crippen LogP) is 1.92. The van der Waals surface area contributed by atoms with Gasteiger partial charge in [0.1, 0.15) is 0 Å². The third-order valence-electron chi connectivity index (χ3n) is 3.32. The monoisotopic (exact) mass is 231 g/mol. The Kier molecular flexibility index (Phi) is 5.94. The molecule has 0 bridgehead atoms. The van der Waals surface area contributed by atoms with E-state index in [4.69, 9.17) is 0 Å². The Bertz CT molecular complexity index is 199. The van der Waals surface area contributed by atoms with Gasteiger partial charge in [0.2, 0.25) is 0 Å². The quantitative estimate of drug-likeness (QED) is 0.654. The Labute approximate surface area is 100 Å². The minimum Gasteiger partial charge on any atom is -0.392 e. The molecule has 3 N–H and O–H groups in total. The van der Waals surface area contributed by atoms with Crippen molar-refractivity contribution in [2.75, 3.05) is 6.54 Å². The number of hydrogen-bond donors (Lipinski definition) is 3. The normalized spacial score (nSPS) is 18.6. The van der Waals surface area contributed by atoms with Crippen molar-refractivity contribution in [3.05, 3.63) is 0 Å². The lowest BCUT2D eigenvalue weighted by atomic mass is 9.72. The number of nitrogens with one attached hydrogen (secondary N) is 1. The van der Waals surface area contributed by atoms with Crippen LogP contribution in [0.2, 0.25) is 0 Å². The summed E-state index contributed by atoms with van der Waals surface area (Å²) in [4.78, 5) is 0. The van der Waals surface area contributed by atoms with Gasteiger partial charge in [-0.1, -0.05) is 41.5 Å². The molecule has 0 aromatic heterocycles. The molecule has 98 valence electrons. The van der Waals surface area contributed by atoms with Crippen LogP contribution in [0.25, 0.3) is 0 Å². The van der Waals surface area contributed by atoms with Crippen LogP contribution in [0.4, 0.5) is 0 Å². The Hall–Kier alpha value is -0.120. The van der Waals surface area contributed by atoms with E-state index in [0.29, 0.717) is 25.4 Å². The molecule has 0 saturated heterocycles. The molecule has 0 aliphatic carbocycles. The lowest BCUT2D eigenvalue weighted by molar-refractivity contribution is -0.0910. The van der Waals surface area contributed by atoms with E-state index in [-0.39, 0.29) is 5.41 Å². The van der Waals surface area contributed by atoms with Crippen molar-refractivity contribution in [3.63, 3.8) is 0 Å². The SMILES string of the molecule is CC[C@@](O)(C[C@@H](O)CNC(C)C)C(C)(C)C. The average molecular weight is 231 g/mol. The Morgan fingerprint density at radius 2 is 1.69 bits per heavy atom. The molecule has 0 radical (unpaired) electrons. The van der Waals surface area contributed by atoms with Gasteiger partial charge >= 0.3 is 0 Å². The summed E-state index contributed by atoms with van der Waals surface area (Å²) in [6, 6.07) is 0.360. The summed E-state index contributed by atoms with van der Waals surface area (Å²) in [5, 5.41) is 23.6. The zero-order chi connectivity index (χ0) is 13.0. The molecule has 0 aliphatic heterocycles. The van der Waals surface area contributed by atoms with Crippen LogP contribution in [0, 0.1) is 5.41 Å². The summed E-state index contributed by atoms with van der Waals surface area (Å²) in [6.45, 7) is 12.6. The first-order chi connectivity index (χ1) is 7.12. The van der Waals surface area contributed by atoms with Crippen LogP contribution >= 0.6 is 0 Å². The summed E-state index contributed by atoms with van der Waals surface area (Å²) in [6.07, 6.45) is 0.591. The fourth-order valence-electron chi connectivity index (χ4n) is 1.81. The van der Waals surface area contributed by atoms with Gasteiger partial charge in [-0.3, -0.25) is 0 Å². The molecule has 0 amide bonds. The van der Waals surface area contributed by atoms with Gasteiger partial charge in [0.15, 0.2) is 0 Å². The molecule has 0 fully saturated rings. The maximum Gasteiger partial charge on any atom is 0.0718 e. The lowest BCUT2D eigenvalue weighted by Crippen LogP contribution is -2.47. The molecule has 0 aliphatic rings. The number of rotatable bonds is 6. The Morgan fingerprint density at radius 3 is 2.00 bits per heavy atom. The highest BCUT2D eigenvalue weighted by Crippen LogP contribution is 2.36. The highest BCUT2D eigenvalue weighted by atomic mass is 16.3. The third-order valence-corrected chi connectivity index (χ3v) is 3.32. The minimum absolute atomic E-state index is 0.208. The second-order valence-corrected chi connectivity index (χ2v) is 6.06.